The fraction of sp³-hybridized carbons (Fsp3) is 0.889. The summed E-state index contributed by atoms with van der Waals surface area (Å²) in [5.41, 5.74) is 0. The predicted octanol–water partition coefficient (Wildman–Crippen LogP) is 0.811. The second kappa shape index (κ2) is 8.01. The Morgan fingerprint density at radius 3 is 2.69 bits per heavy atom. The van der Waals surface area contributed by atoms with E-state index in [1.807, 2.05) is 6.92 Å². The summed E-state index contributed by atoms with van der Waals surface area (Å²) in [6.45, 7) is 1.87. The Bertz CT molecular complexity index is 136. The van der Waals surface area contributed by atoms with Crippen molar-refractivity contribution in [2.45, 2.75) is 45.3 Å². The number of aliphatic hydroxyl groups is 2. The van der Waals surface area contributed by atoms with Crippen LogP contribution in [0.15, 0.2) is 0 Å². The third-order valence-electron chi connectivity index (χ3n) is 1.63. The largest absolute Gasteiger partial charge is 0.436 e. The van der Waals surface area contributed by atoms with Crippen LogP contribution in [0.2, 0.25) is 0 Å². The van der Waals surface area contributed by atoms with Crippen molar-refractivity contribution in [2.24, 2.45) is 0 Å². The van der Waals surface area contributed by atoms with Crippen LogP contribution in [0.25, 0.3) is 0 Å². The first-order valence-corrected chi connectivity index (χ1v) is 4.69. The normalized spacial score (nSPS) is 12.5. The van der Waals surface area contributed by atoms with Crippen molar-refractivity contribution in [1.82, 2.24) is 0 Å². The molecule has 1 atom stereocenters. The van der Waals surface area contributed by atoms with E-state index >= 15 is 0 Å². The van der Waals surface area contributed by atoms with Gasteiger partial charge in [0.05, 0.1) is 0 Å². The second-order valence-electron chi connectivity index (χ2n) is 2.91. The first-order chi connectivity index (χ1) is 6.20. The van der Waals surface area contributed by atoms with Crippen LogP contribution in [0.5, 0.6) is 0 Å². The van der Waals surface area contributed by atoms with Crippen molar-refractivity contribution >= 4 is 5.97 Å². The van der Waals surface area contributed by atoms with Gasteiger partial charge in [-0.2, -0.15) is 0 Å². The molecule has 0 aliphatic carbocycles. The molecular weight excluding hydrogens is 172 g/mol. The standard InChI is InChI=1S/C9H18O4/c1-2-3-4-5-8(11)13-9(12)6-7-10/h9-10,12H,2-7H2,1H3. The molecule has 0 heterocycles. The molecule has 4 heteroatoms. The molecule has 1 unspecified atom stereocenters. The quantitative estimate of drug-likeness (QED) is 0.354. The summed E-state index contributed by atoms with van der Waals surface area (Å²) < 4.78 is 4.59. The van der Waals surface area contributed by atoms with Crippen molar-refractivity contribution in [3.8, 4) is 0 Å². The number of aliphatic hydroxyl groups excluding tert-OH is 2. The highest BCUT2D eigenvalue weighted by molar-refractivity contribution is 5.69. The lowest BCUT2D eigenvalue weighted by molar-refractivity contribution is -0.169. The molecule has 78 valence electrons. The average Bonchev–Trinajstić information content (AvgIpc) is 2.05. The highest BCUT2D eigenvalue weighted by atomic mass is 16.6. The summed E-state index contributed by atoms with van der Waals surface area (Å²) in [5, 5.41) is 17.4. The van der Waals surface area contributed by atoms with E-state index in [1.165, 1.54) is 0 Å². The number of carbonyl (C=O) groups is 1. The lowest BCUT2D eigenvalue weighted by Gasteiger charge is -2.09. The van der Waals surface area contributed by atoms with Crippen LogP contribution in [-0.2, 0) is 9.53 Å². The number of esters is 1. The predicted molar refractivity (Wildman–Crippen MR) is 47.9 cm³/mol. The Morgan fingerprint density at radius 2 is 2.15 bits per heavy atom. The fourth-order valence-electron chi connectivity index (χ4n) is 0.899. The van der Waals surface area contributed by atoms with E-state index in [0.29, 0.717) is 6.42 Å². The number of unbranched alkanes of at least 4 members (excludes halogenated alkanes) is 2. The molecule has 13 heavy (non-hydrogen) atoms. The molecule has 0 aromatic heterocycles. The maximum absolute atomic E-state index is 10.9. The summed E-state index contributed by atoms with van der Waals surface area (Å²) in [5.74, 6) is -0.394. The Hall–Kier alpha value is -0.610. The van der Waals surface area contributed by atoms with Crippen molar-refractivity contribution in [3.63, 3.8) is 0 Å². The topological polar surface area (TPSA) is 66.8 Å². The minimum absolute atomic E-state index is 0.0829. The van der Waals surface area contributed by atoms with E-state index < -0.39 is 12.3 Å². The molecule has 0 saturated heterocycles. The summed E-state index contributed by atoms with van der Waals surface area (Å²) in [4.78, 5) is 10.9. The number of hydrogen-bond acceptors (Lipinski definition) is 4. The van der Waals surface area contributed by atoms with Crippen molar-refractivity contribution in [2.75, 3.05) is 6.61 Å². The second-order valence-corrected chi connectivity index (χ2v) is 2.91. The van der Waals surface area contributed by atoms with E-state index in [9.17, 15) is 4.79 Å². The van der Waals surface area contributed by atoms with Gasteiger partial charge in [-0.15, -0.1) is 0 Å². The van der Waals surface area contributed by atoms with Gasteiger partial charge in [-0.1, -0.05) is 19.8 Å². The molecule has 0 bridgehead atoms. The zero-order valence-electron chi connectivity index (χ0n) is 8.03. The van der Waals surface area contributed by atoms with E-state index in [1.54, 1.807) is 0 Å². The third kappa shape index (κ3) is 7.74. The molecule has 0 aromatic carbocycles. The molecule has 0 aliphatic rings. The number of ether oxygens (including phenoxy) is 1. The van der Waals surface area contributed by atoms with Crippen molar-refractivity contribution in [1.29, 1.82) is 0 Å². The molecule has 4 nitrogen and oxygen atoms in total. The third-order valence-corrected chi connectivity index (χ3v) is 1.63. The van der Waals surface area contributed by atoms with Gasteiger partial charge >= 0.3 is 5.97 Å². The summed E-state index contributed by atoms with van der Waals surface area (Å²) in [7, 11) is 0. The molecule has 0 rings (SSSR count). The number of hydrogen-bond donors (Lipinski definition) is 2. The van der Waals surface area contributed by atoms with E-state index in [-0.39, 0.29) is 13.0 Å². The molecule has 0 radical (unpaired) electrons. The monoisotopic (exact) mass is 190 g/mol. The highest BCUT2D eigenvalue weighted by Crippen LogP contribution is 2.02. The SMILES string of the molecule is CCCCCC(=O)OC(O)CCO. The highest BCUT2D eigenvalue weighted by Gasteiger charge is 2.09. The smallest absolute Gasteiger partial charge is 0.308 e. The molecule has 0 spiro atoms. The Balaban J connectivity index is 3.38. The van der Waals surface area contributed by atoms with Crippen LogP contribution < -0.4 is 0 Å². The van der Waals surface area contributed by atoms with Gasteiger partial charge in [0.1, 0.15) is 0 Å². The van der Waals surface area contributed by atoms with Crippen LogP contribution in [0.3, 0.4) is 0 Å². The van der Waals surface area contributed by atoms with Crippen LogP contribution in [0.4, 0.5) is 0 Å². The number of carbonyl (C=O) groups excluding carboxylic acids is 1. The first-order valence-electron chi connectivity index (χ1n) is 4.69. The van der Waals surface area contributed by atoms with Gasteiger partial charge in [-0.3, -0.25) is 4.79 Å². The van der Waals surface area contributed by atoms with Crippen molar-refractivity contribution in [3.05, 3.63) is 0 Å². The number of rotatable bonds is 7. The first kappa shape index (κ1) is 12.4. The van der Waals surface area contributed by atoms with Crippen LogP contribution in [-0.4, -0.2) is 29.1 Å². The summed E-state index contributed by atoms with van der Waals surface area (Å²) in [6, 6.07) is 0. The van der Waals surface area contributed by atoms with Gasteiger partial charge in [0.2, 0.25) is 6.29 Å². The van der Waals surface area contributed by atoms with Crippen LogP contribution in [0, 0.1) is 0 Å². The fourth-order valence-corrected chi connectivity index (χ4v) is 0.899. The van der Waals surface area contributed by atoms with Crippen molar-refractivity contribution < 1.29 is 19.7 Å². The lowest BCUT2D eigenvalue weighted by Crippen LogP contribution is -2.18. The van der Waals surface area contributed by atoms with Gasteiger partial charge < -0.3 is 14.9 Å². The van der Waals surface area contributed by atoms with Gasteiger partial charge in [0, 0.05) is 19.4 Å². The molecule has 0 amide bonds. The lowest BCUT2D eigenvalue weighted by atomic mass is 10.2. The van der Waals surface area contributed by atoms with Gasteiger partial charge in [0.15, 0.2) is 0 Å². The Morgan fingerprint density at radius 1 is 1.46 bits per heavy atom. The molecule has 2 N–H and O–H groups in total. The molecule has 0 aromatic rings. The molecule has 0 fully saturated rings. The molecule has 0 saturated carbocycles. The molecule has 0 aliphatic heterocycles. The minimum Gasteiger partial charge on any atom is -0.436 e. The van der Waals surface area contributed by atoms with Crippen LogP contribution in [0.1, 0.15) is 39.0 Å². The zero-order valence-corrected chi connectivity index (χ0v) is 8.03. The van der Waals surface area contributed by atoms with Gasteiger partial charge in [-0.25, -0.2) is 0 Å². The van der Waals surface area contributed by atoms with E-state index in [0.717, 1.165) is 19.3 Å². The van der Waals surface area contributed by atoms with E-state index in [4.69, 9.17) is 10.2 Å². The van der Waals surface area contributed by atoms with E-state index in [2.05, 4.69) is 4.74 Å². The maximum atomic E-state index is 10.9. The van der Waals surface area contributed by atoms with Gasteiger partial charge in [-0.05, 0) is 6.42 Å². The Labute approximate surface area is 78.5 Å². The summed E-state index contributed by atoms with van der Waals surface area (Å²) in [6.07, 6.45) is 2.11. The average molecular weight is 190 g/mol. The minimum atomic E-state index is -1.15. The van der Waals surface area contributed by atoms with Crippen LogP contribution >= 0.6 is 0 Å². The maximum Gasteiger partial charge on any atom is 0.308 e. The zero-order chi connectivity index (χ0) is 10.1. The van der Waals surface area contributed by atoms with Gasteiger partial charge in [0.25, 0.3) is 0 Å². The molecular formula is C9H18O4. The Kier molecular flexibility index (Phi) is 7.63. The summed E-state index contributed by atoms with van der Waals surface area (Å²) >= 11 is 0.